The van der Waals surface area contributed by atoms with E-state index in [0.717, 1.165) is 6.04 Å². The Bertz CT molecular complexity index is 1850. The summed E-state index contributed by atoms with van der Waals surface area (Å²) in [6.45, 7) is 16.8. The number of halogens is 2. The molecule has 12 nitrogen and oxygen atoms in total. The van der Waals surface area contributed by atoms with Gasteiger partial charge in [0.2, 0.25) is 0 Å². The van der Waals surface area contributed by atoms with Crippen LogP contribution in [0.25, 0.3) is 33.5 Å². The molecule has 2 amide bonds. The van der Waals surface area contributed by atoms with Crippen LogP contribution in [0.1, 0.15) is 70.8 Å². The molecule has 0 bridgehead atoms. The SMILES string of the molecule is CC(C)(C)NC(=O)c1cn(COCC[Si](C)(C)C)c2ncc(-c3nn(C4CCN(C(=O)OC(C)(C)C)CC4)c4ccc(OC(F)F)cc34)nc12. The second-order valence-corrected chi connectivity index (χ2v) is 21.7. The van der Waals surface area contributed by atoms with Gasteiger partial charge in [-0.25, -0.2) is 14.8 Å². The van der Waals surface area contributed by atoms with Crippen LogP contribution < -0.4 is 10.1 Å². The fourth-order valence-electron chi connectivity index (χ4n) is 5.76. The molecule has 272 valence electrons. The van der Waals surface area contributed by atoms with Gasteiger partial charge in [-0.2, -0.15) is 13.9 Å². The summed E-state index contributed by atoms with van der Waals surface area (Å²) in [7, 11) is -1.31. The minimum Gasteiger partial charge on any atom is -0.444 e. The summed E-state index contributed by atoms with van der Waals surface area (Å²) >= 11 is 0. The first-order valence-corrected chi connectivity index (χ1v) is 20.7. The highest BCUT2D eigenvalue weighted by Crippen LogP contribution is 2.35. The maximum atomic E-state index is 13.5. The van der Waals surface area contributed by atoms with E-state index < -0.39 is 25.8 Å². The maximum absolute atomic E-state index is 13.5. The van der Waals surface area contributed by atoms with E-state index in [1.807, 2.05) is 46.2 Å². The standard InChI is InChI=1S/C35H49F2N7O5Si/c1-34(2,3)40-31(45)25-20-43(21-47-16-17-50(7,8)9)30-29(25)39-26(19-38-30)28-24-18-23(48-32(36)37)10-11-27(24)44(41-28)22-12-14-42(15-13-22)33(46)49-35(4,5)6/h10-11,18-20,22,32H,12-17,21H2,1-9H3,(H,40,45). The summed E-state index contributed by atoms with van der Waals surface area (Å²) in [4.78, 5) is 37.6. The Morgan fingerprint density at radius 3 is 2.40 bits per heavy atom. The van der Waals surface area contributed by atoms with Gasteiger partial charge in [0.25, 0.3) is 5.91 Å². The number of hydrogen-bond donors (Lipinski definition) is 1. The molecule has 4 heterocycles. The molecule has 1 saturated heterocycles. The van der Waals surface area contributed by atoms with Crippen LogP contribution in [0.15, 0.2) is 30.6 Å². The first-order chi connectivity index (χ1) is 23.3. The lowest BCUT2D eigenvalue weighted by Crippen LogP contribution is -2.42. The van der Waals surface area contributed by atoms with Gasteiger partial charge in [0, 0.05) is 44.9 Å². The van der Waals surface area contributed by atoms with Crippen LogP contribution in [-0.4, -0.2) is 86.7 Å². The first kappa shape index (κ1) is 37.1. The third-order valence-electron chi connectivity index (χ3n) is 8.13. The van der Waals surface area contributed by atoms with Gasteiger partial charge in [-0.1, -0.05) is 19.6 Å². The van der Waals surface area contributed by atoms with E-state index in [1.54, 1.807) is 27.9 Å². The van der Waals surface area contributed by atoms with Crippen molar-refractivity contribution < 1.29 is 32.6 Å². The van der Waals surface area contributed by atoms with Crippen molar-refractivity contribution in [1.82, 2.24) is 34.5 Å². The molecule has 0 spiro atoms. The van der Waals surface area contributed by atoms with Crippen LogP contribution in [0.4, 0.5) is 13.6 Å². The van der Waals surface area contributed by atoms with Gasteiger partial charge in [0.15, 0.2) is 5.65 Å². The van der Waals surface area contributed by atoms with Gasteiger partial charge >= 0.3 is 12.7 Å². The molecule has 4 aromatic rings. The molecule has 0 radical (unpaired) electrons. The van der Waals surface area contributed by atoms with E-state index in [0.29, 0.717) is 71.6 Å². The third-order valence-corrected chi connectivity index (χ3v) is 9.84. The van der Waals surface area contributed by atoms with E-state index in [4.69, 9.17) is 29.3 Å². The van der Waals surface area contributed by atoms with E-state index in [2.05, 4.69) is 25.0 Å². The van der Waals surface area contributed by atoms with Crippen molar-refractivity contribution in [1.29, 1.82) is 0 Å². The number of piperidine rings is 1. The topological polar surface area (TPSA) is 126 Å². The number of carbonyl (C=O) groups excluding carboxylic acids is 2. The number of likely N-dealkylation sites (tertiary alicyclic amines) is 1. The van der Waals surface area contributed by atoms with Crippen LogP contribution in [-0.2, 0) is 16.2 Å². The number of fused-ring (bicyclic) bond motifs is 2. The molecular weight excluding hydrogens is 665 g/mol. The predicted molar refractivity (Wildman–Crippen MR) is 190 cm³/mol. The van der Waals surface area contributed by atoms with Crippen molar-refractivity contribution in [2.45, 2.75) is 111 Å². The van der Waals surface area contributed by atoms with Gasteiger partial charge in [0.05, 0.1) is 23.3 Å². The summed E-state index contributed by atoms with van der Waals surface area (Å²) < 4.78 is 46.5. The summed E-state index contributed by atoms with van der Waals surface area (Å²) in [5.41, 5.74) is 1.53. The molecule has 1 fully saturated rings. The minimum atomic E-state index is -3.00. The van der Waals surface area contributed by atoms with E-state index in [-0.39, 0.29) is 30.5 Å². The molecule has 1 aliphatic rings. The lowest BCUT2D eigenvalue weighted by atomic mass is 10.1. The lowest BCUT2D eigenvalue weighted by Gasteiger charge is -2.33. The number of nitrogens with zero attached hydrogens (tertiary/aromatic N) is 6. The molecule has 0 atom stereocenters. The molecule has 50 heavy (non-hydrogen) atoms. The average molecular weight is 714 g/mol. The highest BCUT2D eigenvalue weighted by atomic mass is 28.3. The van der Waals surface area contributed by atoms with Crippen LogP contribution >= 0.6 is 0 Å². The number of nitrogens with one attached hydrogen (secondary N) is 1. The highest BCUT2D eigenvalue weighted by Gasteiger charge is 2.30. The third kappa shape index (κ3) is 9.16. The quantitative estimate of drug-likeness (QED) is 0.133. The monoisotopic (exact) mass is 713 g/mol. The number of amides is 2. The predicted octanol–water partition coefficient (Wildman–Crippen LogP) is 7.46. The van der Waals surface area contributed by atoms with Crippen molar-refractivity contribution in [2.75, 3.05) is 19.7 Å². The van der Waals surface area contributed by atoms with E-state index in [9.17, 15) is 18.4 Å². The zero-order valence-corrected chi connectivity index (χ0v) is 31.5. The summed E-state index contributed by atoms with van der Waals surface area (Å²) in [6, 6.07) is 5.61. The summed E-state index contributed by atoms with van der Waals surface area (Å²) in [6.07, 6.45) is 4.12. The van der Waals surface area contributed by atoms with Crippen LogP contribution in [0.2, 0.25) is 25.7 Å². The Balaban J connectivity index is 1.54. The molecule has 0 aliphatic carbocycles. The molecular formula is C35H49F2N7O5Si. The largest absolute Gasteiger partial charge is 0.444 e. The number of carbonyl (C=O) groups is 2. The Morgan fingerprint density at radius 2 is 1.78 bits per heavy atom. The molecule has 1 aliphatic heterocycles. The number of benzene rings is 1. The average Bonchev–Trinajstić information content (AvgIpc) is 3.55. The lowest BCUT2D eigenvalue weighted by molar-refractivity contribution is -0.0497. The Kier molecular flexibility index (Phi) is 10.6. The minimum absolute atomic E-state index is 0.0195. The Morgan fingerprint density at radius 1 is 1.08 bits per heavy atom. The van der Waals surface area contributed by atoms with Gasteiger partial charge in [-0.05, 0) is 78.6 Å². The summed E-state index contributed by atoms with van der Waals surface area (Å²) in [5.74, 6) is -0.330. The molecule has 3 aromatic heterocycles. The smallest absolute Gasteiger partial charge is 0.410 e. The van der Waals surface area contributed by atoms with Crippen molar-refractivity contribution in [3.8, 4) is 17.1 Å². The molecule has 1 N–H and O–H groups in total. The highest BCUT2D eigenvalue weighted by molar-refractivity contribution is 6.76. The number of aromatic nitrogens is 5. The van der Waals surface area contributed by atoms with E-state index in [1.165, 1.54) is 12.1 Å². The molecule has 5 rings (SSSR count). The number of rotatable bonds is 10. The fraction of sp³-hybridized carbons (Fsp3) is 0.571. The Hall–Kier alpha value is -4.11. The molecule has 0 saturated carbocycles. The van der Waals surface area contributed by atoms with Crippen molar-refractivity contribution in [3.05, 3.63) is 36.2 Å². The van der Waals surface area contributed by atoms with Gasteiger partial charge in [-0.3, -0.25) is 9.48 Å². The molecule has 15 heteroatoms. The van der Waals surface area contributed by atoms with Crippen molar-refractivity contribution in [2.24, 2.45) is 0 Å². The fourth-order valence-corrected chi connectivity index (χ4v) is 6.52. The second kappa shape index (κ2) is 14.3. The maximum Gasteiger partial charge on any atom is 0.410 e. The molecule has 0 unspecified atom stereocenters. The zero-order chi connectivity index (χ0) is 36.6. The zero-order valence-electron chi connectivity index (χ0n) is 30.5. The number of hydrogen-bond acceptors (Lipinski definition) is 8. The van der Waals surface area contributed by atoms with Crippen LogP contribution in [0.3, 0.4) is 0 Å². The van der Waals surface area contributed by atoms with Gasteiger partial charge in [-0.15, -0.1) is 0 Å². The number of alkyl halides is 2. The van der Waals surface area contributed by atoms with E-state index >= 15 is 0 Å². The van der Waals surface area contributed by atoms with Crippen molar-refractivity contribution in [3.63, 3.8) is 0 Å². The second-order valence-electron chi connectivity index (χ2n) is 16.0. The van der Waals surface area contributed by atoms with Gasteiger partial charge in [0.1, 0.15) is 35.0 Å². The van der Waals surface area contributed by atoms with Crippen molar-refractivity contribution >= 4 is 42.1 Å². The van der Waals surface area contributed by atoms with Crippen LogP contribution in [0.5, 0.6) is 5.75 Å². The normalized spacial score (nSPS) is 14.9. The molecule has 1 aromatic carbocycles. The van der Waals surface area contributed by atoms with Gasteiger partial charge < -0.3 is 29.0 Å². The summed E-state index contributed by atoms with van der Waals surface area (Å²) in [5, 5.41) is 8.53. The Labute approximate surface area is 292 Å². The number of ether oxygens (including phenoxy) is 3. The first-order valence-electron chi connectivity index (χ1n) is 17.0. The van der Waals surface area contributed by atoms with Crippen LogP contribution in [0, 0.1) is 0 Å².